The van der Waals surface area contributed by atoms with E-state index >= 15 is 0 Å². The number of rotatable bonds is 3. The Morgan fingerprint density at radius 3 is 2.79 bits per heavy atom. The summed E-state index contributed by atoms with van der Waals surface area (Å²) in [6.45, 7) is 6.80. The molecule has 1 aliphatic heterocycles. The van der Waals surface area contributed by atoms with E-state index in [4.69, 9.17) is 4.74 Å². The molecule has 1 saturated heterocycles. The standard InChI is InChI=1S/C12H19N3O3S/c1-4-18-11-7-10(13-9-14-11)15-5-6-19(16,17)12(2,3)8-15/h7,9H,4-6,8H2,1-3H3. The monoisotopic (exact) mass is 285 g/mol. The first kappa shape index (κ1) is 14.0. The van der Waals surface area contributed by atoms with Crippen LogP contribution in [0.15, 0.2) is 12.4 Å². The molecular weight excluding hydrogens is 266 g/mol. The van der Waals surface area contributed by atoms with Gasteiger partial charge in [-0.3, -0.25) is 0 Å². The van der Waals surface area contributed by atoms with Crippen molar-refractivity contribution in [2.75, 3.05) is 30.3 Å². The summed E-state index contributed by atoms with van der Waals surface area (Å²) in [7, 11) is -3.04. The maximum absolute atomic E-state index is 12.0. The van der Waals surface area contributed by atoms with Crippen LogP contribution < -0.4 is 9.64 Å². The summed E-state index contributed by atoms with van der Waals surface area (Å²) in [4.78, 5) is 10.2. The van der Waals surface area contributed by atoms with Crippen molar-refractivity contribution < 1.29 is 13.2 Å². The van der Waals surface area contributed by atoms with Gasteiger partial charge >= 0.3 is 0 Å². The van der Waals surface area contributed by atoms with Gasteiger partial charge in [0.05, 0.1) is 17.1 Å². The van der Waals surface area contributed by atoms with Crippen molar-refractivity contribution in [2.45, 2.75) is 25.5 Å². The Hall–Kier alpha value is -1.37. The van der Waals surface area contributed by atoms with E-state index in [1.807, 2.05) is 11.8 Å². The van der Waals surface area contributed by atoms with Gasteiger partial charge in [-0.2, -0.15) is 0 Å². The average Bonchev–Trinajstić information content (AvgIpc) is 2.33. The zero-order valence-corrected chi connectivity index (χ0v) is 12.3. The van der Waals surface area contributed by atoms with Crippen LogP contribution in [0.1, 0.15) is 20.8 Å². The van der Waals surface area contributed by atoms with Gasteiger partial charge in [-0.15, -0.1) is 0 Å². The molecule has 0 aliphatic carbocycles. The molecule has 2 heterocycles. The molecular formula is C12H19N3O3S. The number of hydrogen-bond donors (Lipinski definition) is 0. The van der Waals surface area contributed by atoms with Crippen molar-refractivity contribution in [3.8, 4) is 5.88 Å². The lowest BCUT2D eigenvalue weighted by Gasteiger charge is -2.38. The van der Waals surface area contributed by atoms with Crippen molar-refractivity contribution in [1.29, 1.82) is 0 Å². The van der Waals surface area contributed by atoms with Crippen LogP contribution in [0.3, 0.4) is 0 Å². The van der Waals surface area contributed by atoms with Gasteiger partial charge < -0.3 is 9.64 Å². The maximum Gasteiger partial charge on any atom is 0.218 e. The van der Waals surface area contributed by atoms with E-state index in [-0.39, 0.29) is 5.75 Å². The summed E-state index contributed by atoms with van der Waals surface area (Å²) in [5, 5.41) is 0. The van der Waals surface area contributed by atoms with Crippen molar-refractivity contribution >= 4 is 15.7 Å². The average molecular weight is 285 g/mol. The second-order valence-electron chi connectivity index (χ2n) is 5.15. The lowest BCUT2D eigenvalue weighted by Crippen LogP contribution is -2.53. The third-order valence-corrected chi connectivity index (χ3v) is 5.82. The molecule has 0 N–H and O–H groups in total. The Kier molecular flexibility index (Phi) is 3.66. The number of sulfone groups is 1. The molecule has 6 nitrogen and oxygen atoms in total. The second kappa shape index (κ2) is 4.96. The minimum atomic E-state index is -3.04. The van der Waals surface area contributed by atoms with Crippen LogP contribution in [0.2, 0.25) is 0 Å². The topological polar surface area (TPSA) is 72.4 Å². The van der Waals surface area contributed by atoms with Crippen molar-refractivity contribution in [3.63, 3.8) is 0 Å². The predicted octanol–water partition coefficient (Wildman–Crippen LogP) is 0.889. The zero-order chi connectivity index (χ0) is 14.1. The van der Waals surface area contributed by atoms with E-state index in [0.29, 0.717) is 31.4 Å². The van der Waals surface area contributed by atoms with Gasteiger partial charge in [0.25, 0.3) is 0 Å². The molecule has 19 heavy (non-hydrogen) atoms. The molecule has 0 bridgehead atoms. The lowest BCUT2D eigenvalue weighted by molar-refractivity contribution is 0.326. The van der Waals surface area contributed by atoms with Gasteiger partial charge in [0.15, 0.2) is 9.84 Å². The van der Waals surface area contributed by atoms with Crippen LogP contribution in [0.25, 0.3) is 0 Å². The number of ether oxygens (including phenoxy) is 1. The summed E-state index contributed by atoms with van der Waals surface area (Å²) >= 11 is 0. The van der Waals surface area contributed by atoms with E-state index in [1.54, 1.807) is 19.9 Å². The highest BCUT2D eigenvalue weighted by molar-refractivity contribution is 7.92. The summed E-state index contributed by atoms with van der Waals surface area (Å²) < 4.78 is 28.5. The Balaban J connectivity index is 2.22. The fraction of sp³-hybridized carbons (Fsp3) is 0.667. The summed E-state index contributed by atoms with van der Waals surface area (Å²) in [5.41, 5.74) is 0. The van der Waals surface area contributed by atoms with Gasteiger partial charge in [-0.25, -0.2) is 18.4 Å². The number of hydrogen-bond acceptors (Lipinski definition) is 6. The molecule has 0 amide bonds. The minimum absolute atomic E-state index is 0.147. The molecule has 0 radical (unpaired) electrons. The summed E-state index contributed by atoms with van der Waals surface area (Å²) in [5.74, 6) is 1.37. The van der Waals surface area contributed by atoms with Crippen LogP contribution in [0.5, 0.6) is 5.88 Å². The fourth-order valence-electron chi connectivity index (χ4n) is 2.07. The highest BCUT2D eigenvalue weighted by Gasteiger charge is 2.40. The van der Waals surface area contributed by atoms with Crippen LogP contribution in [0, 0.1) is 0 Å². The summed E-state index contributed by atoms with van der Waals surface area (Å²) in [6.07, 6.45) is 1.44. The van der Waals surface area contributed by atoms with Crippen LogP contribution >= 0.6 is 0 Å². The Labute approximate surface area is 113 Å². The first-order valence-corrected chi connectivity index (χ1v) is 7.93. The van der Waals surface area contributed by atoms with Gasteiger partial charge in [-0.05, 0) is 20.8 Å². The largest absolute Gasteiger partial charge is 0.478 e. The third-order valence-electron chi connectivity index (χ3n) is 3.29. The van der Waals surface area contributed by atoms with Crippen molar-refractivity contribution in [1.82, 2.24) is 9.97 Å². The number of nitrogens with zero attached hydrogens (tertiary/aromatic N) is 3. The maximum atomic E-state index is 12.0. The van der Waals surface area contributed by atoms with Gasteiger partial charge in [0, 0.05) is 19.2 Å². The fourth-order valence-corrected chi connectivity index (χ4v) is 3.43. The molecule has 0 spiro atoms. The molecule has 2 rings (SSSR count). The molecule has 106 valence electrons. The molecule has 0 aromatic carbocycles. The van der Waals surface area contributed by atoms with Crippen LogP contribution in [-0.4, -0.2) is 48.6 Å². The van der Waals surface area contributed by atoms with Crippen LogP contribution in [0.4, 0.5) is 5.82 Å². The molecule has 1 aromatic heterocycles. The quantitative estimate of drug-likeness (QED) is 0.821. The van der Waals surface area contributed by atoms with E-state index < -0.39 is 14.6 Å². The Morgan fingerprint density at radius 2 is 2.16 bits per heavy atom. The SMILES string of the molecule is CCOc1cc(N2CCS(=O)(=O)C(C)(C)C2)ncn1. The molecule has 0 saturated carbocycles. The lowest BCUT2D eigenvalue weighted by atomic mass is 10.2. The molecule has 1 fully saturated rings. The Morgan fingerprint density at radius 1 is 1.42 bits per heavy atom. The molecule has 7 heteroatoms. The van der Waals surface area contributed by atoms with E-state index in [9.17, 15) is 8.42 Å². The van der Waals surface area contributed by atoms with Gasteiger partial charge in [-0.1, -0.05) is 0 Å². The van der Waals surface area contributed by atoms with Gasteiger partial charge in [0.1, 0.15) is 12.1 Å². The highest BCUT2D eigenvalue weighted by atomic mass is 32.2. The van der Waals surface area contributed by atoms with E-state index in [1.165, 1.54) is 6.33 Å². The second-order valence-corrected chi connectivity index (χ2v) is 7.89. The van der Waals surface area contributed by atoms with Gasteiger partial charge in [0.2, 0.25) is 5.88 Å². The van der Waals surface area contributed by atoms with Crippen LogP contribution in [-0.2, 0) is 9.84 Å². The molecule has 1 aromatic rings. The Bertz CT molecular complexity index is 557. The predicted molar refractivity (Wildman–Crippen MR) is 73.3 cm³/mol. The van der Waals surface area contributed by atoms with Crippen molar-refractivity contribution in [2.24, 2.45) is 0 Å². The third kappa shape index (κ3) is 2.80. The number of anilines is 1. The molecule has 1 aliphatic rings. The van der Waals surface area contributed by atoms with E-state index in [0.717, 1.165) is 0 Å². The smallest absolute Gasteiger partial charge is 0.218 e. The van der Waals surface area contributed by atoms with E-state index in [2.05, 4.69) is 9.97 Å². The summed E-state index contributed by atoms with van der Waals surface area (Å²) in [6, 6.07) is 1.75. The minimum Gasteiger partial charge on any atom is -0.478 e. The molecule has 0 unspecified atom stereocenters. The number of aromatic nitrogens is 2. The first-order chi connectivity index (χ1) is 8.86. The van der Waals surface area contributed by atoms with Crippen molar-refractivity contribution in [3.05, 3.63) is 12.4 Å². The molecule has 0 atom stereocenters. The normalized spacial score (nSPS) is 21.1. The first-order valence-electron chi connectivity index (χ1n) is 6.28. The zero-order valence-electron chi connectivity index (χ0n) is 11.5. The highest BCUT2D eigenvalue weighted by Crippen LogP contribution is 2.27.